The Kier molecular flexibility index (Phi) is 6.33. The molecule has 0 spiro atoms. The summed E-state index contributed by atoms with van der Waals surface area (Å²) in [5.74, 6) is 0.654. The molecule has 0 unspecified atom stereocenters. The van der Waals surface area contributed by atoms with Crippen molar-refractivity contribution in [1.82, 2.24) is 4.90 Å². The molecule has 1 aromatic carbocycles. The van der Waals surface area contributed by atoms with Gasteiger partial charge in [0.05, 0.1) is 7.11 Å². The molecule has 0 radical (unpaired) electrons. The third-order valence-electron chi connectivity index (χ3n) is 3.13. The van der Waals surface area contributed by atoms with Gasteiger partial charge in [0.2, 0.25) is 5.91 Å². The van der Waals surface area contributed by atoms with Gasteiger partial charge in [0, 0.05) is 35.8 Å². The first-order valence-corrected chi connectivity index (χ1v) is 6.54. The number of hydrogen-bond acceptors (Lipinski definition) is 3. The molecule has 1 fully saturated rings. The third kappa shape index (κ3) is 4.13. The van der Waals surface area contributed by atoms with Crippen molar-refractivity contribution >= 4 is 36.0 Å². The highest BCUT2D eigenvalue weighted by molar-refractivity contribution is 6.30. The van der Waals surface area contributed by atoms with Crippen LogP contribution in [0, 0.1) is 0 Å². The molecule has 20 heavy (non-hydrogen) atoms. The molecule has 1 saturated heterocycles. The van der Waals surface area contributed by atoms with Gasteiger partial charge in [0.15, 0.2) is 0 Å². The molecule has 110 valence electrons. The lowest BCUT2D eigenvalue weighted by Crippen LogP contribution is -2.30. The van der Waals surface area contributed by atoms with E-state index >= 15 is 0 Å². The van der Waals surface area contributed by atoms with Crippen LogP contribution >= 0.6 is 24.0 Å². The van der Waals surface area contributed by atoms with Crippen molar-refractivity contribution in [2.24, 2.45) is 5.73 Å². The maximum absolute atomic E-state index is 12.0. The summed E-state index contributed by atoms with van der Waals surface area (Å²) in [5.41, 5.74) is 6.56. The maximum Gasteiger partial charge on any atom is 0.246 e. The van der Waals surface area contributed by atoms with E-state index in [0.29, 0.717) is 17.3 Å². The van der Waals surface area contributed by atoms with E-state index in [1.165, 1.54) is 6.08 Å². The first kappa shape index (κ1) is 16.8. The molecule has 0 aliphatic carbocycles. The molecule has 1 aromatic rings. The summed E-state index contributed by atoms with van der Waals surface area (Å²) < 4.78 is 5.22. The summed E-state index contributed by atoms with van der Waals surface area (Å²) >= 11 is 5.93. The molecule has 2 rings (SSSR count). The number of rotatable bonds is 3. The average Bonchev–Trinajstić information content (AvgIpc) is 2.83. The number of benzene rings is 1. The SMILES string of the molecule is COc1ccc(Cl)cc1C=CC(=O)N1CC[C@@H](N)C1.Cl. The molecule has 0 bridgehead atoms. The maximum atomic E-state index is 12.0. The van der Waals surface area contributed by atoms with Crippen molar-refractivity contribution in [3.8, 4) is 5.75 Å². The second-order valence-electron chi connectivity index (χ2n) is 4.55. The minimum atomic E-state index is -0.0324. The highest BCUT2D eigenvalue weighted by atomic mass is 35.5. The first-order valence-electron chi connectivity index (χ1n) is 6.16. The highest BCUT2D eigenvalue weighted by Crippen LogP contribution is 2.24. The zero-order chi connectivity index (χ0) is 13.8. The van der Waals surface area contributed by atoms with E-state index in [1.807, 2.05) is 0 Å². The summed E-state index contributed by atoms with van der Waals surface area (Å²) in [6.45, 7) is 1.34. The van der Waals surface area contributed by atoms with Crippen molar-refractivity contribution in [3.05, 3.63) is 34.9 Å². The average molecular weight is 317 g/mol. The zero-order valence-electron chi connectivity index (χ0n) is 11.2. The van der Waals surface area contributed by atoms with Crippen LogP contribution in [0.1, 0.15) is 12.0 Å². The van der Waals surface area contributed by atoms with Crippen molar-refractivity contribution in [1.29, 1.82) is 0 Å². The normalized spacial score (nSPS) is 18.1. The Morgan fingerprint density at radius 3 is 2.90 bits per heavy atom. The van der Waals surface area contributed by atoms with E-state index in [0.717, 1.165) is 18.5 Å². The molecule has 1 heterocycles. The number of nitrogens with zero attached hydrogens (tertiary/aromatic N) is 1. The van der Waals surface area contributed by atoms with Crippen LogP contribution in [0.5, 0.6) is 5.75 Å². The Hall–Kier alpha value is -1.23. The molecule has 6 heteroatoms. The van der Waals surface area contributed by atoms with Gasteiger partial charge in [-0.05, 0) is 30.7 Å². The van der Waals surface area contributed by atoms with Crippen LogP contribution in [0.4, 0.5) is 0 Å². The van der Waals surface area contributed by atoms with E-state index in [4.69, 9.17) is 22.1 Å². The van der Waals surface area contributed by atoms with Crippen LogP contribution in [-0.2, 0) is 4.79 Å². The minimum Gasteiger partial charge on any atom is -0.496 e. The minimum absolute atomic E-state index is 0. The number of carbonyl (C=O) groups excluding carboxylic acids is 1. The van der Waals surface area contributed by atoms with Gasteiger partial charge in [-0.25, -0.2) is 0 Å². The van der Waals surface area contributed by atoms with Crippen molar-refractivity contribution in [2.75, 3.05) is 20.2 Å². The van der Waals surface area contributed by atoms with Gasteiger partial charge in [-0.3, -0.25) is 4.79 Å². The predicted molar refractivity (Wildman–Crippen MR) is 83.5 cm³/mol. The number of ether oxygens (including phenoxy) is 1. The van der Waals surface area contributed by atoms with Gasteiger partial charge < -0.3 is 15.4 Å². The topological polar surface area (TPSA) is 55.6 Å². The van der Waals surface area contributed by atoms with Gasteiger partial charge in [-0.2, -0.15) is 0 Å². The summed E-state index contributed by atoms with van der Waals surface area (Å²) in [7, 11) is 1.59. The Balaban J connectivity index is 0.00000200. The fourth-order valence-electron chi connectivity index (χ4n) is 2.09. The van der Waals surface area contributed by atoms with Crippen molar-refractivity contribution in [2.45, 2.75) is 12.5 Å². The molecule has 1 aliphatic heterocycles. The first-order chi connectivity index (χ1) is 9.10. The van der Waals surface area contributed by atoms with E-state index < -0.39 is 0 Å². The van der Waals surface area contributed by atoms with Crippen molar-refractivity contribution in [3.63, 3.8) is 0 Å². The summed E-state index contributed by atoms with van der Waals surface area (Å²) in [6, 6.07) is 5.38. The molecule has 0 aromatic heterocycles. The fourth-order valence-corrected chi connectivity index (χ4v) is 2.27. The quantitative estimate of drug-likeness (QED) is 0.871. The van der Waals surface area contributed by atoms with E-state index in [9.17, 15) is 4.79 Å². The molecular formula is C14H18Cl2N2O2. The van der Waals surface area contributed by atoms with Gasteiger partial charge in [-0.15, -0.1) is 12.4 Å². The summed E-state index contributed by atoms with van der Waals surface area (Å²) in [6.07, 6.45) is 4.11. The summed E-state index contributed by atoms with van der Waals surface area (Å²) in [5, 5.41) is 0.607. The number of hydrogen-bond donors (Lipinski definition) is 1. The van der Waals surface area contributed by atoms with Crippen LogP contribution in [0.3, 0.4) is 0 Å². The molecule has 4 nitrogen and oxygen atoms in total. The lowest BCUT2D eigenvalue weighted by Gasteiger charge is -2.12. The predicted octanol–water partition coefficient (Wildman–Crippen LogP) is 2.34. The lowest BCUT2D eigenvalue weighted by molar-refractivity contribution is -0.124. The van der Waals surface area contributed by atoms with Gasteiger partial charge in [0.1, 0.15) is 5.75 Å². The van der Waals surface area contributed by atoms with Gasteiger partial charge >= 0.3 is 0 Å². The highest BCUT2D eigenvalue weighted by Gasteiger charge is 2.21. The number of nitrogens with two attached hydrogens (primary N) is 1. The van der Waals surface area contributed by atoms with E-state index in [1.54, 1.807) is 36.3 Å². The van der Waals surface area contributed by atoms with E-state index in [-0.39, 0.29) is 24.4 Å². The fraction of sp³-hybridized carbons (Fsp3) is 0.357. The van der Waals surface area contributed by atoms with Gasteiger partial charge in [0.25, 0.3) is 0 Å². The summed E-state index contributed by atoms with van der Waals surface area (Å²) in [4.78, 5) is 13.7. The van der Waals surface area contributed by atoms with Crippen molar-refractivity contribution < 1.29 is 9.53 Å². The van der Waals surface area contributed by atoms with Crippen LogP contribution in [-0.4, -0.2) is 37.0 Å². The molecule has 1 aliphatic rings. The number of methoxy groups -OCH3 is 1. The standard InChI is InChI=1S/C14H17ClN2O2.ClH/c1-19-13-4-3-11(15)8-10(13)2-5-14(18)17-7-6-12(16)9-17;/h2-5,8,12H,6-7,9,16H2,1H3;1H/t12-;/m1./s1. The second kappa shape index (κ2) is 7.53. The molecular weight excluding hydrogens is 299 g/mol. The Labute approximate surface area is 129 Å². The van der Waals surface area contributed by atoms with Gasteiger partial charge in [-0.1, -0.05) is 11.6 Å². The Bertz CT molecular complexity index is 506. The van der Waals surface area contributed by atoms with E-state index in [2.05, 4.69) is 0 Å². The van der Waals surface area contributed by atoms with Crippen LogP contribution in [0.2, 0.25) is 5.02 Å². The Morgan fingerprint density at radius 2 is 2.30 bits per heavy atom. The van der Waals surface area contributed by atoms with Crippen LogP contribution in [0.15, 0.2) is 24.3 Å². The number of carbonyl (C=O) groups is 1. The second-order valence-corrected chi connectivity index (χ2v) is 4.99. The molecule has 1 atom stereocenters. The number of likely N-dealkylation sites (tertiary alicyclic amines) is 1. The Morgan fingerprint density at radius 1 is 1.55 bits per heavy atom. The zero-order valence-corrected chi connectivity index (χ0v) is 12.8. The third-order valence-corrected chi connectivity index (χ3v) is 3.37. The van der Waals surface area contributed by atoms with Crippen LogP contribution in [0.25, 0.3) is 6.08 Å². The smallest absolute Gasteiger partial charge is 0.246 e. The number of amides is 1. The molecule has 2 N–H and O–H groups in total. The largest absolute Gasteiger partial charge is 0.496 e. The monoisotopic (exact) mass is 316 g/mol. The molecule has 1 amide bonds. The number of halogens is 2. The molecule has 0 saturated carbocycles. The van der Waals surface area contributed by atoms with Crippen LogP contribution < -0.4 is 10.5 Å². The lowest BCUT2D eigenvalue weighted by atomic mass is 10.2.